The summed E-state index contributed by atoms with van der Waals surface area (Å²) in [5, 5.41) is 2.77. The largest absolute Gasteiger partial charge is 0.383 e. The van der Waals surface area contributed by atoms with Gasteiger partial charge in [-0.1, -0.05) is 0 Å². The molecule has 4 N–H and O–H groups in total. The molecule has 0 aliphatic carbocycles. The number of nitrogen functional groups attached to an aromatic ring is 1. The normalized spacial score (nSPS) is 10.5. The number of pyridine rings is 1. The lowest BCUT2D eigenvalue weighted by atomic mass is 10.2. The van der Waals surface area contributed by atoms with Gasteiger partial charge < -0.3 is 16.0 Å². The Labute approximate surface area is 108 Å². The van der Waals surface area contributed by atoms with Crippen LogP contribution in [0, 0.1) is 0 Å². The van der Waals surface area contributed by atoms with Crippen molar-refractivity contribution in [2.75, 3.05) is 11.1 Å². The summed E-state index contributed by atoms with van der Waals surface area (Å²) in [4.78, 5) is 23.0. The van der Waals surface area contributed by atoms with Gasteiger partial charge in [0.05, 0.1) is 22.9 Å². The van der Waals surface area contributed by atoms with Crippen LogP contribution >= 0.6 is 0 Å². The van der Waals surface area contributed by atoms with Crippen LogP contribution in [0.15, 0.2) is 42.9 Å². The molecule has 2 heterocycles. The Bertz CT molecular complexity index is 749. The number of hydrogen-bond acceptors (Lipinski definition) is 4. The maximum atomic E-state index is 12.1. The Morgan fingerprint density at radius 3 is 3.00 bits per heavy atom. The van der Waals surface area contributed by atoms with E-state index in [0.717, 1.165) is 11.0 Å². The number of fused-ring (bicyclic) bond motifs is 1. The number of aromatic nitrogens is 3. The minimum absolute atomic E-state index is 0.211. The molecule has 1 aromatic carbocycles. The second-order valence-electron chi connectivity index (χ2n) is 4.02. The number of carbonyl (C=O) groups excluding carboxylic acids is 1. The highest BCUT2D eigenvalue weighted by molar-refractivity contribution is 6.07. The van der Waals surface area contributed by atoms with Crippen molar-refractivity contribution in [2.24, 2.45) is 0 Å². The number of hydrogen-bond donors (Lipinski definition) is 3. The molecule has 1 amide bonds. The Morgan fingerprint density at radius 1 is 1.26 bits per heavy atom. The SMILES string of the molecule is Nc1ncccc1C(=O)Nc1ccc2nc[nH]c2c1. The van der Waals surface area contributed by atoms with Crippen LogP contribution in [0.25, 0.3) is 11.0 Å². The van der Waals surface area contributed by atoms with Crippen molar-refractivity contribution in [3.05, 3.63) is 48.4 Å². The van der Waals surface area contributed by atoms with Gasteiger partial charge in [0.25, 0.3) is 5.91 Å². The number of aromatic amines is 1. The number of anilines is 2. The van der Waals surface area contributed by atoms with Gasteiger partial charge in [0.15, 0.2) is 0 Å². The predicted molar refractivity (Wildman–Crippen MR) is 72.7 cm³/mol. The minimum atomic E-state index is -0.288. The molecule has 0 spiro atoms. The second-order valence-corrected chi connectivity index (χ2v) is 4.02. The van der Waals surface area contributed by atoms with Gasteiger partial charge in [-0.25, -0.2) is 9.97 Å². The van der Waals surface area contributed by atoms with Gasteiger partial charge in [-0.3, -0.25) is 4.79 Å². The highest BCUT2D eigenvalue weighted by Crippen LogP contribution is 2.17. The van der Waals surface area contributed by atoms with Crippen LogP contribution in [0.5, 0.6) is 0 Å². The summed E-state index contributed by atoms with van der Waals surface area (Å²) in [5.74, 6) is -0.0768. The van der Waals surface area contributed by atoms with E-state index in [9.17, 15) is 4.79 Å². The third kappa shape index (κ3) is 2.11. The smallest absolute Gasteiger partial charge is 0.259 e. The van der Waals surface area contributed by atoms with Crippen LogP contribution in [0.1, 0.15) is 10.4 Å². The van der Waals surface area contributed by atoms with Crippen molar-refractivity contribution in [1.82, 2.24) is 15.0 Å². The molecule has 6 nitrogen and oxygen atoms in total. The second kappa shape index (κ2) is 4.41. The van der Waals surface area contributed by atoms with E-state index in [4.69, 9.17) is 5.73 Å². The molecule has 6 heteroatoms. The van der Waals surface area contributed by atoms with E-state index in [1.807, 2.05) is 12.1 Å². The average Bonchev–Trinajstić information content (AvgIpc) is 2.86. The summed E-state index contributed by atoms with van der Waals surface area (Å²) in [6.45, 7) is 0. The Morgan fingerprint density at radius 2 is 2.16 bits per heavy atom. The zero-order chi connectivity index (χ0) is 13.2. The topological polar surface area (TPSA) is 96.7 Å². The Balaban J connectivity index is 1.88. The van der Waals surface area contributed by atoms with Crippen LogP contribution in [0.3, 0.4) is 0 Å². The molecule has 0 radical (unpaired) electrons. The molecule has 0 bridgehead atoms. The molecular formula is C13H11N5O. The third-order valence-corrected chi connectivity index (χ3v) is 2.76. The van der Waals surface area contributed by atoms with Crippen molar-refractivity contribution in [1.29, 1.82) is 0 Å². The number of nitrogens with one attached hydrogen (secondary N) is 2. The number of amides is 1. The van der Waals surface area contributed by atoms with Crippen molar-refractivity contribution < 1.29 is 4.79 Å². The van der Waals surface area contributed by atoms with Gasteiger partial charge in [0, 0.05) is 11.9 Å². The number of benzene rings is 1. The zero-order valence-electron chi connectivity index (χ0n) is 9.92. The van der Waals surface area contributed by atoms with E-state index in [1.54, 1.807) is 30.7 Å². The van der Waals surface area contributed by atoms with Crippen molar-refractivity contribution in [3.8, 4) is 0 Å². The molecule has 0 saturated carbocycles. The number of imidazole rings is 1. The van der Waals surface area contributed by atoms with Crippen LogP contribution in [0.2, 0.25) is 0 Å². The molecule has 2 aromatic heterocycles. The first-order chi connectivity index (χ1) is 9.24. The predicted octanol–water partition coefficient (Wildman–Crippen LogP) is 1.79. The van der Waals surface area contributed by atoms with E-state index in [1.165, 1.54) is 0 Å². The fourth-order valence-corrected chi connectivity index (χ4v) is 1.82. The number of nitrogens with two attached hydrogens (primary N) is 1. The monoisotopic (exact) mass is 253 g/mol. The lowest BCUT2D eigenvalue weighted by Gasteiger charge is -2.06. The van der Waals surface area contributed by atoms with Gasteiger partial charge in [-0.15, -0.1) is 0 Å². The van der Waals surface area contributed by atoms with Gasteiger partial charge >= 0.3 is 0 Å². The maximum absolute atomic E-state index is 12.1. The zero-order valence-corrected chi connectivity index (χ0v) is 9.92. The number of carbonyl (C=O) groups is 1. The minimum Gasteiger partial charge on any atom is -0.383 e. The van der Waals surface area contributed by atoms with Gasteiger partial charge in [-0.05, 0) is 30.3 Å². The molecule has 0 aliphatic rings. The highest BCUT2D eigenvalue weighted by Gasteiger charge is 2.10. The first kappa shape index (κ1) is 11.2. The molecule has 0 saturated heterocycles. The maximum Gasteiger partial charge on any atom is 0.259 e. The van der Waals surface area contributed by atoms with Crippen LogP contribution in [-0.2, 0) is 0 Å². The summed E-state index contributed by atoms with van der Waals surface area (Å²) in [5.41, 5.74) is 8.39. The quantitative estimate of drug-likeness (QED) is 0.648. The lowest BCUT2D eigenvalue weighted by Crippen LogP contribution is -2.14. The van der Waals surface area contributed by atoms with Gasteiger partial charge in [0.1, 0.15) is 5.82 Å². The van der Waals surface area contributed by atoms with Crippen molar-refractivity contribution >= 4 is 28.4 Å². The van der Waals surface area contributed by atoms with E-state index >= 15 is 0 Å². The standard InChI is InChI=1S/C13H11N5O/c14-12-9(2-1-5-15-12)13(19)18-8-3-4-10-11(6-8)17-7-16-10/h1-7H,(H2,14,15)(H,16,17)(H,18,19). The van der Waals surface area contributed by atoms with E-state index < -0.39 is 0 Å². The molecule has 19 heavy (non-hydrogen) atoms. The van der Waals surface area contributed by atoms with Gasteiger partial charge in [-0.2, -0.15) is 0 Å². The Kier molecular flexibility index (Phi) is 2.60. The fourth-order valence-electron chi connectivity index (χ4n) is 1.82. The van der Waals surface area contributed by atoms with Crippen molar-refractivity contribution in [3.63, 3.8) is 0 Å². The van der Waals surface area contributed by atoms with Crippen LogP contribution < -0.4 is 11.1 Å². The molecule has 0 atom stereocenters. The third-order valence-electron chi connectivity index (χ3n) is 2.76. The highest BCUT2D eigenvalue weighted by atomic mass is 16.1. The van der Waals surface area contributed by atoms with Gasteiger partial charge in [0.2, 0.25) is 0 Å². The molecular weight excluding hydrogens is 242 g/mol. The molecule has 3 rings (SSSR count). The van der Waals surface area contributed by atoms with Crippen LogP contribution in [0.4, 0.5) is 11.5 Å². The average molecular weight is 253 g/mol. The molecule has 94 valence electrons. The summed E-state index contributed by atoms with van der Waals surface area (Å²) >= 11 is 0. The first-order valence-electron chi connectivity index (χ1n) is 5.69. The fraction of sp³-hybridized carbons (Fsp3) is 0. The first-order valence-corrected chi connectivity index (χ1v) is 5.69. The summed E-state index contributed by atoms with van der Waals surface area (Å²) < 4.78 is 0. The lowest BCUT2D eigenvalue weighted by molar-refractivity contribution is 0.102. The summed E-state index contributed by atoms with van der Waals surface area (Å²) in [7, 11) is 0. The molecule has 0 fully saturated rings. The van der Waals surface area contributed by atoms with E-state index in [-0.39, 0.29) is 11.7 Å². The van der Waals surface area contributed by atoms with E-state index in [2.05, 4.69) is 20.3 Å². The summed E-state index contributed by atoms with van der Waals surface area (Å²) in [6.07, 6.45) is 3.15. The molecule has 3 aromatic rings. The molecule has 0 unspecified atom stereocenters. The molecule has 0 aliphatic heterocycles. The summed E-state index contributed by atoms with van der Waals surface area (Å²) in [6, 6.07) is 8.73. The number of rotatable bonds is 2. The van der Waals surface area contributed by atoms with Crippen molar-refractivity contribution in [2.45, 2.75) is 0 Å². The Hall–Kier alpha value is -2.89. The number of nitrogens with zero attached hydrogens (tertiary/aromatic N) is 2. The number of H-pyrrole nitrogens is 1. The van der Waals surface area contributed by atoms with E-state index in [0.29, 0.717) is 11.3 Å². The van der Waals surface area contributed by atoms with Crippen LogP contribution in [-0.4, -0.2) is 20.9 Å².